The molecule has 0 saturated carbocycles. The highest BCUT2D eigenvalue weighted by Gasteiger charge is 2.45. The lowest BCUT2D eigenvalue weighted by Gasteiger charge is -2.36. The number of carbonyl (C=O) groups is 1. The molecule has 1 aromatic rings. The molecule has 1 fully saturated rings. The van der Waals surface area contributed by atoms with Gasteiger partial charge in [0.05, 0.1) is 11.6 Å². The van der Waals surface area contributed by atoms with Gasteiger partial charge in [-0.3, -0.25) is 4.79 Å². The molecule has 2 rings (SSSR count). The molecule has 1 aliphatic rings. The van der Waals surface area contributed by atoms with E-state index in [0.29, 0.717) is 6.42 Å². The molecule has 1 saturated heterocycles. The van der Waals surface area contributed by atoms with Crippen molar-refractivity contribution in [1.82, 2.24) is 0 Å². The van der Waals surface area contributed by atoms with Crippen LogP contribution in [0.3, 0.4) is 0 Å². The van der Waals surface area contributed by atoms with Crippen molar-refractivity contribution in [3.63, 3.8) is 0 Å². The zero-order chi connectivity index (χ0) is 13.5. The van der Waals surface area contributed by atoms with Gasteiger partial charge >= 0.3 is 5.97 Å². The molecule has 1 aromatic carbocycles. The molecule has 0 spiro atoms. The van der Waals surface area contributed by atoms with Gasteiger partial charge in [-0.2, -0.15) is 0 Å². The van der Waals surface area contributed by atoms with E-state index in [2.05, 4.69) is 39.0 Å². The fourth-order valence-corrected chi connectivity index (χ4v) is 3.48. The zero-order valence-electron chi connectivity index (χ0n) is 10.9. The van der Waals surface area contributed by atoms with Crippen LogP contribution in [0.2, 0.25) is 0 Å². The molecule has 1 unspecified atom stereocenters. The van der Waals surface area contributed by atoms with E-state index in [0.717, 1.165) is 16.7 Å². The molecule has 1 atom stereocenters. The van der Waals surface area contributed by atoms with E-state index in [1.54, 1.807) is 0 Å². The summed E-state index contributed by atoms with van der Waals surface area (Å²) >= 11 is 3.58. The largest absolute Gasteiger partial charge is 0.481 e. The highest BCUT2D eigenvalue weighted by Crippen LogP contribution is 2.41. The maximum absolute atomic E-state index is 11.3. The minimum Gasteiger partial charge on any atom is -0.481 e. The van der Waals surface area contributed by atoms with Crippen molar-refractivity contribution < 1.29 is 9.90 Å². The molecule has 0 aromatic heterocycles. The number of aliphatic carboxylic acids is 1. The highest BCUT2D eigenvalue weighted by atomic mass is 79.9. The summed E-state index contributed by atoms with van der Waals surface area (Å²) in [7, 11) is 0. The number of aryl methyl sites for hydroxylation is 1. The molecule has 0 radical (unpaired) electrons. The van der Waals surface area contributed by atoms with Crippen molar-refractivity contribution in [3.8, 4) is 0 Å². The summed E-state index contributed by atoms with van der Waals surface area (Å²) < 4.78 is 1.03. The SMILES string of the molecule is Cc1ccc(N2CCC(C(=O)O)C2(C)C)c(Br)c1. The van der Waals surface area contributed by atoms with E-state index in [4.69, 9.17) is 0 Å². The third-order valence-corrected chi connectivity index (χ3v) is 4.52. The second kappa shape index (κ2) is 4.57. The molecule has 1 N–H and O–H groups in total. The predicted molar refractivity (Wildman–Crippen MR) is 76.0 cm³/mol. The van der Waals surface area contributed by atoms with Gasteiger partial charge in [-0.05, 0) is 60.8 Å². The molecule has 1 heterocycles. The Balaban J connectivity index is 2.38. The van der Waals surface area contributed by atoms with Gasteiger partial charge in [0.2, 0.25) is 0 Å². The van der Waals surface area contributed by atoms with Crippen LogP contribution in [0.15, 0.2) is 22.7 Å². The van der Waals surface area contributed by atoms with Gasteiger partial charge in [0.1, 0.15) is 0 Å². The van der Waals surface area contributed by atoms with Crippen molar-refractivity contribution in [3.05, 3.63) is 28.2 Å². The van der Waals surface area contributed by atoms with Crippen molar-refractivity contribution in [2.75, 3.05) is 11.4 Å². The Morgan fingerprint density at radius 3 is 2.67 bits per heavy atom. The maximum Gasteiger partial charge on any atom is 0.308 e. The smallest absolute Gasteiger partial charge is 0.308 e. The van der Waals surface area contributed by atoms with Crippen molar-refractivity contribution in [1.29, 1.82) is 0 Å². The summed E-state index contributed by atoms with van der Waals surface area (Å²) in [5.41, 5.74) is 1.91. The summed E-state index contributed by atoms with van der Waals surface area (Å²) in [4.78, 5) is 13.5. The maximum atomic E-state index is 11.3. The van der Waals surface area contributed by atoms with Gasteiger partial charge in [0.25, 0.3) is 0 Å². The first-order valence-corrected chi connectivity index (χ1v) is 6.90. The Morgan fingerprint density at radius 1 is 1.50 bits per heavy atom. The third-order valence-electron chi connectivity index (χ3n) is 3.88. The van der Waals surface area contributed by atoms with Gasteiger partial charge < -0.3 is 10.0 Å². The number of halogens is 1. The van der Waals surface area contributed by atoms with Crippen LogP contribution < -0.4 is 4.90 Å². The number of anilines is 1. The molecule has 98 valence electrons. The number of nitrogens with zero attached hydrogens (tertiary/aromatic N) is 1. The molecule has 18 heavy (non-hydrogen) atoms. The van der Waals surface area contributed by atoms with Gasteiger partial charge in [-0.25, -0.2) is 0 Å². The molecule has 3 nitrogen and oxygen atoms in total. The van der Waals surface area contributed by atoms with Crippen LogP contribution in [-0.4, -0.2) is 23.2 Å². The van der Waals surface area contributed by atoms with Crippen LogP contribution in [0.4, 0.5) is 5.69 Å². The third kappa shape index (κ3) is 2.14. The Morgan fingerprint density at radius 2 is 2.17 bits per heavy atom. The Hall–Kier alpha value is -1.03. The Labute approximate surface area is 116 Å². The molecule has 1 aliphatic heterocycles. The van der Waals surface area contributed by atoms with Gasteiger partial charge in [0.15, 0.2) is 0 Å². The number of hydrogen-bond acceptors (Lipinski definition) is 2. The van der Waals surface area contributed by atoms with E-state index in [9.17, 15) is 9.90 Å². The molecule has 0 aliphatic carbocycles. The average molecular weight is 312 g/mol. The van der Waals surface area contributed by atoms with E-state index >= 15 is 0 Å². The van der Waals surface area contributed by atoms with E-state index in [1.807, 2.05) is 20.8 Å². The van der Waals surface area contributed by atoms with Crippen molar-refractivity contribution >= 4 is 27.6 Å². The Bertz CT molecular complexity index is 485. The number of rotatable bonds is 2. The fraction of sp³-hybridized carbons (Fsp3) is 0.500. The quantitative estimate of drug-likeness (QED) is 0.909. The molecular formula is C14H18BrNO2. The Kier molecular flexibility index (Phi) is 3.41. The summed E-state index contributed by atoms with van der Waals surface area (Å²) in [6.45, 7) is 6.84. The van der Waals surface area contributed by atoms with Gasteiger partial charge in [-0.1, -0.05) is 6.07 Å². The van der Waals surface area contributed by atoms with Crippen molar-refractivity contribution in [2.45, 2.75) is 32.7 Å². The first-order valence-electron chi connectivity index (χ1n) is 6.10. The number of hydrogen-bond donors (Lipinski definition) is 1. The fourth-order valence-electron chi connectivity index (χ4n) is 2.78. The van der Waals surface area contributed by atoms with Crippen LogP contribution in [0.5, 0.6) is 0 Å². The topological polar surface area (TPSA) is 40.5 Å². The first-order chi connectivity index (χ1) is 8.34. The molecular weight excluding hydrogens is 294 g/mol. The summed E-state index contributed by atoms with van der Waals surface area (Å²) in [6, 6.07) is 6.19. The number of carboxylic acids is 1. The minimum atomic E-state index is -0.703. The monoisotopic (exact) mass is 311 g/mol. The number of benzene rings is 1. The van der Waals surface area contributed by atoms with E-state index in [1.165, 1.54) is 5.56 Å². The zero-order valence-corrected chi connectivity index (χ0v) is 12.5. The molecule has 0 bridgehead atoms. The standard InChI is InChI=1S/C14H18BrNO2/c1-9-4-5-12(11(15)8-9)16-7-6-10(13(17)18)14(16,2)3/h4-5,8,10H,6-7H2,1-3H3,(H,17,18). The summed E-state index contributed by atoms with van der Waals surface area (Å²) in [5, 5.41) is 9.29. The second-order valence-electron chi connectivity index (χ2n) is 5.44. The van der Waals surface area contributed by atoms with Crippen LogP contribution in [0.25, 0.3) is 0 Å². The van der Waals surface area contributed by atoms with Crippen LogP contribution >= 0.6 is 15.9 Å². The van der Waals surface area contributed by atoms with Crippen LogP contribution in [0.1, 0.15) is 25.8 Å². The van der Waals surface area contributed by atoms with Crippen LogP contribution in [0, 0.1) is 12.8 Å². The number of carboxylic acid groups (broad SMARTS) is 1. The molecule has 0 amide bonds. The second-order valence-corrected chi connectivity index (χ2v) is 6.29. The lowest BCUT2D eigenvalue weighted by molar-refractivity contribution is -0.142. The van der Waals surface area contributed by atoms with E-state index < -0.39 is 5.97 Å². The molecule has 4 heteroatoms. The lowest BCUT2D eigenvalue weighted by Crippen LogP contribution is -2.45. The van der Waals surface area contributed by atoms with Gasteiger partial charge in [0, 0.05) is 16.6 Å². The van der Waals surface area contributed by atoms with Crippen molar-refractivity contribution in [2.24, 2.45) is 5.92 Å². The van der Waals surface area contributed by atoms with E-state index in [-0.39, 0.29) is 11.5 Å². The lowest BCUT2D eigenvalue weighted by atomic mass is 9.88. The average Bonchev–Trinajstić information content (AvgIpc) is 2.54. The minimum absolute atomic E-state index is 0.314. The normalized spacial score (nSPS) is 22.2. The van der Waals surface area contributed by atoms with Crippen LogP contribution in [-0.2, 0) is 4.79 Å². The predicted octanol–water partition coefficient (Wildman–Crippen LogP) is 3.45. The summed E-state index contributed by atoms with van der Waals surface area (Å²) in [5.74, 6) is -1.02. The highest BCUT2D eigenvalue weighted by molar-refractivity contribution is 9.10. The van der Waals surface area contributed by atoms with Gasteiger partial charge in [-0.15, -0.1) is 0 Å². The summed E-state index contributed by atoms with van der Waals surface area (Å²) in [6.07, 6.45) is 0.697. The first kappa shape index (κ1) is 13.4.